The molecule has 1 aromatic carbocycles. The fraction of sp³-hybridized carbons (Fsp3) is 0.533. The van der Waals surface area contributed by atoms with E-state index in [2.05, 4.69) is 24.5 Å². The van der Waals surface area contributed by atoms with E-state index in [1.54, 1.807) is 11.8 Å². The van der Waals surface area contributed by atoms with Crippen LogP contribution in [0.5, 0.6) is 0 Å². The van der Waals surface area contributed by atoms with Crippen LogP contribution in [0.15, 0.2) is 24.3 Å². The van der Waals surface area contributed by atoms with Gasteiger partial charge < -0.3 is 15.7 Å². The van der Waals surface area contributed by atoms with Crippen LogP contribution in [0.1, 0.15) is 31.7 Å². The van der Waals surface area contributed by atoms with Crippen LogP contribution < -0.4 is 10.6 Å². The Kier molecular flexibility index (Phi) is 7.47. The zero-order valence-electron chi connectivity index (χ0n) is 12.3. The largest absolute Gasteiger partial charge is 0.396 e. The minimum atomic E-state index is -0.227. The number of thioether (sulfide) groups is 1. The summed E-state index contributed by atoms with van der Waals surface area (Å²) < 4.78 is 0. The highest BCUT2D eigenvalue weighted by Crippen LogP contribution is 2.17. The number of carbonyl (C=O) groups is 1. The molecule has 0 saturated carbocycles. The molecule has 0 unspecified atom stereocenters. The fourth-order valence-electron chi connectivity index (χ4n) is 1.86. The summed E-state index contributed by atoms with van der Waals surface area (Å²) in [6.07, 6.45) is 2.55. The van der Waals surface area contributed by atoms with Crippen LogP contribution in [0.25, 0.3) is 0 Å². The third kappa shape index (κ3) is 5.84. The van der Waals surface area contributed by atoms with E-state index in [4.69, 9.17) is 5.11 Å². The first-order valence-corrected chi connectivity index (χ1v) is 8.23. The molecule has 5 heteroatoms. The monoisotopic (exact) mass is 296 g/mol. The molecular formula is C15H24N2O2S. The zero-order valence-corrected chi connectivity index (χ0v) is 13.2. The first kappa shape index (κ1) is 16.9. The SMILES string of the molecule is CSC[C@H](CCO)NC(=O)Nc1ccc(C(C)C)cc1. The average Bonchev–Trinajstić information content (AvgIpc) is 2.39. The van der Waals surface area contributed by atoms with Crippen LogP contribution in [0.2, 0.25) is 0 Å². The van der Waals surface area contributed by atoms with Crippen molar-refractivity contribution in [3.63, 3.8) is 0 Å². The Morgan fingerprint density at radius 3 is 2.45 bits per heavy atom. The first-order valence-electron chi connectivity index (χ1n) is 6.84. The number of benzene rings is 1. The van der Waals surface area contributed by atoms with E-state index in [0.29, 0.717) is 12.3 Å². The zero-order chi connectivity index (χ0) is 15.0. The summed E-state index contributed by atoms with van der Waals surface area (Å²) in [4.78, 5) is 11.9. The summed E-state index contributed by atoms with van der Waals surface area (Å²) >= 11 is 1.65. The maximum Gasteiger partial charge on any atom is 0.319 e. The molecule has 1 rings (SSSR count). The van der Waals surface area contributed by atoms with E-state index in [9.17, 15) is 4.79 Å². The van der Waals surface area contributed by atoms with Crippen molar-refractivity contribution in [2.24, 2.45) is 0 Å². The minimum absolute atomic E-state index is 0.00932. The second-order valence-electron chi connectivity index (χ2n) is 5.04. The Labute approximate surface area is 125 Å². The number of aliphatic hydroxyl groups is 1. The number of anilines is 1. The summed E-state index contributed by atoms with van der Waals surface area (Å²) in [5.74, 6) is 1.27. The summed E-state index contributed by atoms with van der Waals surface area (Å²) in [6.45, 7) is 4.35. The van der Waals surface area contributed by atoms with Crippen molar-refractivity contribution < 1.29 is 9.90 Å². The molecule has 0 saturated heterocycles. The summed E-state index contributed by atoms with van der Waals surface area (Å²) in [5.41, 5.74) is 2.02. The van der Waals surface area contributed by atoms with Crippen molar-refractivity contribution in [2.75, 3.05) is 23.9 Å². The standard InChI is InChI=1S/C15H24N2O2S/c1-11(2)12-4-6-13(7-5-12)16-15(19)17-14(8-9-18)10-20-3/h4-7,11,14,18H,8-10H2,1-3H3,(H2,16,17,19)/t14-/m0/s1. The number of nitrogens with one attached hydrogen (secondary N) is 2. The van der Waals surface area contributed by atoms with Gasteiger partial charge in [0.15, 0.2) is 0 Å². The number of rotatable bonds is 7. The third-order valence-corrected chi connectivity index (χ3v) is 3.75. The Hall–Kier alpha value is -1.20. The van der Waals surface area contributed by atoms with E-state index in [1.165, 1.54) is 5.56 Å². The molecule has 0 aliphatic rings. The van der Waals surface area contributed by atoms with Gasteiger partial charge in [-0.1, -0.05) is 26.0 Å². The van der Waals surface area contributed by atoms with Crippen molar-refractivity contribution >= 4 is 23.5 Å². The summed E-state index contributed by atoms with van der Waals surface area (Å²) in [7, 11) is 0. The second kappa shape index (κ2) is 8.87. The highest BCUT2D eigenvalue weighted by Gasteiger charge is 2.11. The number of urea groups is 1. The predicted octanol–water partition coefficient (Wildman–Crippen LogP) is 3.05. The molecule has 3 N–H and O–H groups in total. The molecule has 0 heterocycles. The third-order valence-electron chi connectivity index (χ3n) is 3.02. The number of amides is 2. The fourth-order valence-corrected chi connectivity index (χ4v) is 2.51. The molecular weight excluding hydrogens is 272 g/mol. The lowest BCUT2D eigenvalue weighted by molar-refractivity contribution is 0.241. The average molecular weight is 296 g/mol. The normalized spacial score (nSPS) is 12.2. The van der Waals surface area contributed by atoms with E-state index in [0.717, 1.165) is 11.4 Å². The van der Waals surface area contributed by atoms with Gasteiger partial charge in [-0.25, -0.2) is 4.79 Å². The van der Waals surface area contributed by atoms with Crippen LogP contribution in [0.3, 0.4) is 0 Å². The number of hydrogen-bond donors (Lipinski definition) is 3. The van der Waals surface area contributed by atoms with E-state index >= 15 is 0 Å². The lowest BCUT2D eigenvalue weighted by Crippen LogP contribution is -2.40. The van der Waals surface area contributed by atoms with Crippen molar-refractivity contribution in [3.8, 4) is 0 Å². The van der Waals surface area contributed by atoms with Crippen LogP contribution in [0, 0.1) is 0 Å². The maximum absolute atomic E-state index is 11.9. The second-order valence-corrected chi connectivity index (χ2v) is 5.95. The minimum Gasteiger partial charge on any atom is -0.396 e. The summed E-state index contributed by atoms with van der Waals surface area (Å²) in [6, 6.07) is 7.62. The number of aliphatic hydroxyl groups excluding tert-OH is 1. The van der Waals surface area contributed by atoms with Gasteiger partial charge in [0.25, 0.3) is 0 Å². The maximum atomic E-state index is 11.9. The molecule has 0 bridgehead atoms. The predicted molar refractivity (Wildman–Crippen MR) is 86.6 cm³/mol. The van der Waals surface area contributed by atoms with Gasteiger partial charge in [0.1, 0.15) is 0 Å². The van der Waals surface area contributed by atoms with Gasteiger partial charge in [0.2, 0.25) is 0 Å². The lowest BCUT2D eigenvalue weighted by Gasteiger charge is -2.17. The van der Waals surface area contributed by atoms with Crippen molar-refractivity contribution in [3.05, 3.63) is 29.8 Å². The van der Waals surface area contributed by atoms with Gasteiger partial charge in [-0.05, 0) is 36.3 Å². The molecule has 4 nitrogen and oxygen atoms in total. The van der Waals surface area contributed by atoms with Gasteiger partial charge in [-0.3, -0.25) is 0 Å². The smallest absolute Gasteiger partial charge is 0.319 e. The van der Waals surface area contributed by atoms with E-state index in [1.807, 2.05) is 30.5 Å². The summed E-state index contributed by atoms with van der Waals surface area (Å²) in [5, 5.41) is 14.7. The Bertz CT molecular complexity index is 401. The van der Waals surface area contributed by atoms with Gasteiger partial charge in [-0.15, -0.1) is 0 Å². The molecule has 1 aromatic rings. The molecule has 0 fully saturated rings. The van der Waals surface area contributed by atoms with E-state index < -0.39 is 0 Å². The van der Waals surface area contributed by atoms with Gasteiger partial charge >= 0.3 is 6.03 Å². The molecule has 0 aliphatic heterocycles. The molecule has 112 valence electrons. The van der Waals surface area contributed by atoms with Gasteiger partial charge in [-0.2, -0.15) is 11.8 Å². The van der Waals surface area contributed by atoms with Crippen LogP contribution in [-0.4, -0.2) is 35.8 Å². The Morgan fingerprint density at radius 2 is 1.95 bits per heavy atom. The topological polar surface area (TPSA) is 61.4 Å². The quantitative estimate of drug-likeness (QED) is 0.725. The highest BCUT2D eigenvalue weighted by molar-refractivity contribution is 7.98. The first-order chi connectivity index (χ1) is 9.56. The molecule has 20 heavy (non-hydrogen) atoms. The lowest BCUT2D eigenvalue weighted by atomic mass is 10.0. The Morgan fingerprint density at radius 1 is 1.30 bits per heavy atom. The molecule has 0 radical (unpaired) electrons. The van der Waals surface area contributed by atoms with Gasteiger partial charge in [0.05, 0.1) is 0 Å². The van der Waals surface area contributed by atoms with E-state index in [-0.39, 0.29) is 18.7 Å². The number of carbonyl (C=O) groups excluding carboxylic acids is 1. The van der Waals surface area contributed by atoms with Crippen molar-refractivity contribution in [1.82, 2.24) is 5.32 Å². The molecule has 0 spiro atoms. The highest BCUT2D eigenvalue weighted by atomic mass is 32.2. The van der Waals surface area contributed by atoms with Gasteiger partial charge in [0, 0.05) is 24.1 Å². The van der Waals surface area contributed by atoms with Crippen molar-refractivity contribution in [2.45, 2.75) is 32.2 Å². The van der Waals surface area contributed by atoms with Crippen molar-refractivity contribution in [1.29, 1.82) is 0 Å². The number of hydrogen-bond acceptors (Lipinski definition) is 3. The molecule has 1 atom stereocenters. The van der Waals surface area contributed by atoms with Crippen LogP contribution >= 0.6 is 11.8 Å². The molecule has 0 aliphatic carbocycles. The van der Waals surface area contributed by atoms with Crippen LogP contribution in [0.4, 0.5) is 10.5 Å². The van der Waals surface area contributed by atoms with Crippen LogP contribution in [-0.2, 0) is 0 Å². The molecule has 0 aromatic heterocycles. The molecule has 2 amide bonds. The Balaban J connectivity index is 2.52.